The number of anilines is 1. The van der Waals surface area contributed by atoms with E-state index < -0.39 is 0 Å². The largest absolute Gasteiger partial charge is 0.490 e. The lowest BCUT2D eigenvalue weighted by Crippen LogP contribution is -2.49. The highest BCUT2D eigenvalue weighted by Crippen LogP contribution is 2.39. The van der Waals surface area contributed by atoms with Gasteiger partial charge in [0.15, 0.2) is 11.5 Å². The molecule has 0 N–H and O–H groups in total. The van der Waals surface area contributed by atoms with E-state index in [0.717, 1.165) is 17.1 Å². The van der Waals surface area contributed by atoms with Gasteiger partial charge in [0.1, 0.15) is 18.0 Å². The molecule has 1 aliphatic rings. The monoisotopic (exact) mass is 494 g/mol. The van der Waals surface area contributed by atoms with Gasteiger partial charge in [-0.1, -0.05) is 0 Å². The summed E-state index contributed by atoms with van der Waals surface area (Å²) in [5, 5.41) is 0. The van der Waals surface area contributed by atoms with E-state index in [4.69, 9.17) is 14.2 Å². The number of hydrogen-bond donors (Lipinski definition) is 0. The van der Waals surface area contributed by atoms with Crippen molar-refractivity contribution in [3.8, 4) is 28.5 Å². The van der Waals surface area contributed by atoms with Crippen LogP contribution in [0.1, 0.15) is 31.1 Å². The van der Waals surface area contributed by atoms with Gasteiger partial charge in [0.2, 0.25) is 5.75 Å². The van der Waals surface area contributed by atoms with Gasteiger partial charge in [-0.15, -0.1) is 0 Å². The molecule has 0 saturated carbocycles. The number of ether oxygens (including phenoxy) is 3. The zero-order valence-corrected chi connectivity index (χ0v) is 20.9. The standard InChI is InChI=1S/C27H31FN4O4/c1-4-34-23-15-20(16-24(35-5-2)26(23)36-6-3)27(33)32-13-11-31(12-14-32)25-17-22(29-18-30-25)19-7-9-21(28)10-8-19/h7-10,15-18H,4-6,11-14H2,1-3H3. The summed E-state index contributed by atoms with van der Waals surface area (Å²) < 4.78 is 30.6. The smallest absolute Gasteiger partial charge is 0.254 e. The van der Waals surface area contributed by atoms with Gasteiger partial charge < -0.3 is 24.0 Å². The molecule has 190 valence electrons. The van der Waals surface area contributed by atoms with Crippen LogP contribution in [0.25, 0.3) is 11.3 Å². The molecule has 3 aromatic rings. The molecule has 1 saturated heterocycles. The van der Waals surface area contributed by atoms with Crippen LogP contribution in [-0.4, -0.2) is 66.8 Å². The molecule has 36 heavy (non-hydrogen) atoms. The van der Waals surface area contributed by atoms with Gasteiger partial charge in [-0.3, -0.25) is 4.79 Å². The summed E-state index contributed by atoms with van der Waals surface area (Å²) in [4.78, 5) is 26.1. The molecule has 0 radical (unpaired) electrons. The molecule has 2 heterocycles. The van der Waals surface area contributed by atoms with Gasteiger partial charge in [-0.25, -0.2) is 14.4 Å². The minimum absolute atomic E-state index is 0.0886. The molecule has 0 aliphatic carbocycles. The second kappa shape index (κ2) is 11.7. The molecule has 0 unspecified atom stereocenters. The first-order valence-corrected chi connectivity index (χ1v) is 12.2. The first-order valence-electron chi connectivity index (χ1n) is 12.2. The highest BCUT2D eigenvalue weighted by Gasteiger charge is 2.26. The molecular formula is C27H31FN4O4. The molecule has 1 aliphatic heterocycles. The quantitative estimate of drug-likeness (QED) is 0.435. The summed E-state index contributed by atoms with van der Waals surface area (Å²) in [6.45, 7) is 9.34. The van der Waals surface area contributed by atoms with E-state index in [0.29, 0.717) is 68.8 Å². The fourth-order valence-corrected chi connectivity index (χ4v) is 4.13. The van der Waals surface area contributed by atoms with Gasteiger partial charge in [-0.2, -0.15) is 0 Å². The zero-order valence-electron chi connectivity index (χ0n) is 20.9. The third kappa shape index (κ3) is 5.67. The maximum Gasteiger partial charge on any atom is 0.254 e. The fraction of sp³-hybridized carbons (Fsp3) is 0.370. The van der Waals surface area contributed by atoms with Crippen LogP contribution >= 0.6 is 0 Å². The molecule has 0 spiro atoms. The summed E-state index contributed by atoms with van der Waals surface area (Å²) in [5.41, 5.74) is 2.04. The van der Waals surface area contributed by atoms with E-state index in [1.807, 2.05) is 31.7 Å². The van der Waals surface area contributed by atoms with Crippen LogP contribution < -0.4 is 19.1 Å². The van der Waals surface area contributed by atoms with Crippen LogP contribution in [0.5, 0.6) is 17.2 Å². The second-order valence-corrected chi connectivity index (χ2v) is 8.15. The number of carbonyl (C=O) groups excluding carboxylic acids is 1. The number of piperazine rings is 1. The first kappa shape index (κ1) is 25.2. The van der Waals surface area contributed by atoms with Crippen molar-refractivity contribution >= 4 is 11.7 Å². The number of hydrogen-bond acceptors (Lipinski definition) is 7. The third-order valence-electron chi connectivity index (χ3n) is 5.84. The fourth-order valence-electron chi connectivity index (χ4n) is 4.13. The summed E-state index contributed by atoms with van der Waals surface area (Å²) in [7, 11) is 0. The Hall–Kier alpha value is -3.88. The number of rotatable bonds is 9. The summed E-state index contributed by atoms with van der Waals surface area (Å²) >= 11 is 0. The highest BCUT2D eigenvalue weighted by atomic mass is 19.1. The summed E-state index contributed by atoms with van der Waals surface area (Å²) in [6, 6.07) is 11.6. The van der Waals surface area contributed by atoms with Crippen LogP contribution in [0.3, 0.4) is 0 Å². The van der Waals surface area contributed by atoms with E-state index in [-0.39, 0.29) is 11.7 Å². The number of halogens is 1. The minimum atomic E-state index is -0.289. The van der Waals surface area contributed by atoms with E-state index in [9.17, 15) is 9.18 Å². The van der Waals surface area contributed by atoms with Gasteiger partial charge in [0, 0.05) is 43.4 Å². The molecular weight excluding hydrogens is 463 g/mol. The Bertz CT molecular complexity index is 1150. The molecule has 4 rings (SSSR count). The maximum absolute atomic E-state index is 13.4. The average molecular weight is 495 g/mol. The Balaban J connectivity index is 1.48. The SMILES string of the molecule is CCOc1cc(C(=O)N2CCN(c3cc(-c4ccc(F)cc4)ncn3)CC2)cc(OCC)c1OCC. The summed E-state index contributed by atoms with van der Waals surface area (Å²) in [6.07, 6.45) is 1.51. The Morgan fingerprint density at radius 3 is 2.06 bits per heavy atom. The van der Waals surface area contributed by atoms with Gasteiger partial charge in [0.05, 0.1) is 25.5 Å². The zero-order chi connectivity index (χ0) is 25.5. The molecule has 9 heteroatoms. The van der Waals surface area contributed by atoms with Crippen molar-refractivity contribution in [3.05, 3.63) is 60.2 Å². The van der Waals surface area contributed by atoms with Crippen molar-refractivity contribution in [1.82, 2.24) is 14.9 Å². The van der Waals surface area contributed by atoms with E-state index in [2.05, 4.69) is 14.9 Å². The van der Waals surface area contributed by atoms with Gasteiger partial charge >= 0.3 is 0 Å². The third-order valence-corrected chi connectivity index (χ3v) is 5.84. The molecule has 1 fully saturated rings. The molecule has 1 aromatic heterocycles. The van der Waals surface area contributed by atoms with Crippen molar-refractivity contribution in [1.29, 1.82) is 0 Å². The van der Waals surface area contributed by atoms with Crippen LogP contribution in [0, 0.1) is 5.82 Å². The van der Waals surface area contributed by atoms with Crippen molar-refractivity contribution in [2.45, 2.75) is 20.8 Å². The number of aromatic nitrogens is 2. The summed E-state index contributed by atoms with van der Waals surface area (Å²) in [5.74, 6) is 1.92. The maximum atomic E-state index is 13.4. The molecule has 8 nitrogen and oxygen atoms in total. The topological polar surface area (TPSA) is 77.0 Å². The molecule has 2 aromatic carbocycles. The molecule has 0 atom stereocenters. The van der Waals surface area contributed by atoms with E-state index in [1.54, 1.807) is 24.3 Å². The molecule has 0 bridgehead atoms. The Morgan fingerprint density at radius 1 is 0.861 bits per heavy atom. The lowest BCUT2D eigenvalue weighted by atomic mass is 10.1. The first-order chi connectivity index (χ1) is 17.5. The number of nitrogens with zero attached hydrogens (tertiary/aromatic N) is 4. The highest BCUT2D eigenvalue weighted by molar-refractivity contribution is 5.96. The van der Waals surface area contributed by atoms with Crippen molar-refractivity contribution in [2.75, 3.05) is 50.9 Å². The Labute approximate surface area is 210 Å². The lowest BCUT2D eigenvalue weighted by molar-refractivity contribution is 0.0745. The average Bonchev–Trinajstić information content (AvgIpc) is 2.91. The number of amides is 1. The van der Waals surface area contributed by atoms with Crippen LogP contribution in [-0.2, 0) is 0 Å². The minimum Gasteiger partial charge on any atom is -0.490 e. The van der Waals surface area contributed by atoms with Crippen LogP contribution in [0.4, 0.5) is 10.2 Å². The normalized spacial score (nSPS) is 13.4. The van der Waals surface area contributed by atoms with E-state index in [1.165, 1.54) is 18.5 Å². The second-order valence-electron chi connectivity index (χ2n) is 8.15. The number of carbonyl (C=O) groups is 1. The predicted molar refractivity (Wildman–Crippen MR) is 135 cm³/mol. The van der Waals surface area contributed by atoms with Crippen molar-refractivity contribution in [2.24, 2.45) is 0 Å². The van der Waals surface area contributed by atoms with Crippen molar-refractivity contribution in [3.63, 3.8) is 0 Å². The molecule has 1 amide bonds. The van der Waals surface area contributed by atoms with Crippen molar-refractivity contribution < 1.29 is 23.4 Å². The Kier molecular flexibility index (Phi) is 8.20. The van der Waals surface area contributed by atoms with Gasteiger partial charge in [0.25, 0.3) is 5.91 Å². The predicted octanol–water partition coefficient (Wildman–Crippen LogP) is 4.44. The van der Waals surface area contributed by atoms with Crippen LogP contribution in [0.2, 0.25) is 0 Å². The lowest BCUT2D eigenvalue weighted by Gasteiger charge is -2.35. The van der Waals surface area contributed by atoms with E-state index >= 15 is 0 Å². The Morgan fingerprint density at radius 2 is 1.47 bits per heavy atom. The van der Waals surface area contributed by atoms with Gasteiger partial charge in [-0.05, 0) is 57.2 Å². The number of benzene rings is 2. The van der Waals surface area contributed by atoms with Crippen LogP contribution in [0.15, 0.2) is 48.8 Å².